The van der Waals surface area contributed by atoms with Gasteiger partial charge in [-0.25, -0.2) is 4.79 Å². The fourth-order valence-corrected chi connectivity index (χ4v) is 2.77. The summed E-state index contributed by atoms with van der Waals surface area (Å²) in [6.07, 6.45) is 0. The quantitative estimate of drug-likeness (QED) is 0.469. The minimum absolute atomic E-state index is 0.395. The number of carbonyl (C=O) groups is 2. The molecule has 0 bridgehead atoms. The van der Waals surface area contributed by atoms with Gasteiger partial charge in [0.15, 0.2) is 6.61 Å². The van der Waals surface area contributed by atoms with E-state index in [2.05, 4.69) is 5.32 Å². The molecule has 6 nitrogen and oxygen atoms in total. The first kappa shape index (κ1) is 20.0. The molecule has 1 amide bonds. The SMILES string of the molecule is CCOc1ccc(OCC)c(NC(=O)COC(=O)c2ccccc2I)c1. The summed E-state index contributed by atoms with van der Waals surface area (Å²) in [4.78, 5) is 24.3. The topological polar surface area (TPSA) is 73.9 Å². The Morgan fingerprint density at radius 2 is 1.77 bits per heavy atom. The van der Waals surface area contributed by atoms with Crippen LogP contribution < -0.4 is 14.8 Å². The van der Waals surface area contributed by atoms with Crippen molar-refractivity contribution in [2.75, 3.05) is 25.1 Å². The van der Waals surface area contributed by atoms with E-state index >= 15 is 0 Å². The van der Waals surface area contributed by atoms with Crippen LogP contribution in [0.15, 0.2) is 42.5 Å². The first-order valence-electron chi connectivity index (χ1n) is 8.16. The molecular weight excluding hydrogens is 449 g/mol. The monoisotopic (exact) mass is 469 g/mol. The van der Waals surface area contributed by atoms with Crippen LogP contribution in [-0.2, 0) is 9.53 Å². The van der Waals surface area contributed by atoms with Crippen molar-refractivity contribution in [2.45, 2.75) is 13.8 Å². The maximum Gasteiger partial charge on any atom is 0.339 e. The number of esters is 1. The smallest absolute Gasteiger partial charge is 0.339 e. The Kier molecular flexibility index (Phi) is 7.71. The summed E-state index contributed by atoms with van der Waals surface area (Å²) >= 11 is 2.04. The Labute approximate surface area is 166 Å². The molecule has 138 valence electrons. The van der Waals surface area contributed by atoms with E-state index in [0.29, 0.717) is 36.0 Å². The van der Waals surface area contributed by atoms with Crippen LogP contribution in [0.25, 0.3) is 0 Å². The number of ether oxygens (including phenoxy) is 3. The van der Waals surface area contributed by atoms with Crippen molar-refractivity contribution in [3.8, 4) is 11.5 Å². The van der Waals surface area contributed by atoms with Crippen LogP contribution in [0.3, 0.4) is 0 Å². The number of rotatable bonds is 8. The third-order valence-electron chi connectivity index (χ3n) is 3.26. The molecule has 0 fully saturated rings. The zero-order valence-corrected chi connectivity index (χ0v) is 16.7. The maximum atomic E-state index is 12.2. The number of benzene rings is 2. The third kappa shape index (κ3) is 5.62. The van der Waals surface area contributed by atoms with Gasteiger partial charge in [0.25, 0.3) is 5.91 Å². The molecule has 1 N–H and O–H groups in total. The van der Waals surface area contributed by atoms with Gasteiger partial charge in [-0.1, -0.05) is 12.1 Å². The van der Waals surface area contributed by atoms with E-state index in [1.165, 1.54) is 0 Å². The molecule has 0 aromatic heterocycles. The van der Waals surface area contributed by atoms with Gasteiger partial charge in [0.05, 0.1) is 24.5 Å². The summed E-state index contributed by atoms with van der Waals surface area (Å²) in [5.74, 6) is 0.132. The van der Waals surface area contributed by atoms with Crippen LogP contribution in [0.2, 0.25) is 0 Å². The van der Waals surface area contributed by atoms with Crippen molar-refractivity contribution in [1.82, 2.24) is 0 Å². The predicted molar refractivity (Wildman–Crippen MR) is 107 cm³/mol. The summed E-state index contributed by atoms with van der Waals surface area (Å²) in [5.41, 5.74) is 0.891. The van der Waals surface area contributed by atoms with Crippen LogP contribution in [0.1, 0.15) is 24.2 Å². The summed E-state index contributed by atoms with van der Waals surface area (Å²) in [6.45, 7) is 4.30. The molecule has 0 radical (unpaired) electrons. The molecule has 0 saturated carbocycles. The average Bonchev–Trinajstić information content (AvgIpc) is 2.62. The number of amides is 1. The third-order valence-corrected chi connectivity index (χ3v) is 4.20. The highest BCUT2D eigenvalue weighted by Gasteiger charge is 2.14. The lowest BCUT2D eigenvalue weighted by atomic mass is 10.2. The molecular formula is C19H20INO5. The van der Waals surface area contributed by atoms with Crippen molar-refractivity contribution >= 4 is 40.2 Å². The Hall–Kier alpha value is -2.29. The highest BCUT2D eigenvalue weighted by molar-refractivity contribution is 14.1. The van der Waals surface area contributed by atoms with Gasteiger partial charge in [0.2, 0.25) is 0 Å². The number of carbonyl (C=O) groups excluding carboxylic acids is 2. The first-order chi connectivity index (χ1) is 12.5. The zero-order valence-electron chi connectivity index (χ0n) is 14.6. The van der Waals surface area contributed by atoms with Gasteiger partial charge in [-0.05, 0) is 60.7 Å². The molecule has 0 aliphatic heterocycles. The molecule has 2 rings (SSSR count). The van der Waals surface area contributed by atoms with Gasteiger partial charge in [-0.3, -0.25) is 4.79 Å². The van der Waals surface area contributed by atoms with E-state index in [4.69, 9.17) is 14.2 Å². The van der Waals surface area contributed by atoms with E-state index < -0.39 is 18.5 Å². The molecule has 0 atom stereocenters. The van der Waals surface area contributed by atoms with Crippen molar-refractivity contribution < 1.29 is 23.8 Å². The molecule has 0 heterocycles. The van der Waals surface area contributed by atoms with Crippen molar-refractivity contribution in [2.24, 2.45) is 0 Å². The normalized spacial score (nSPS) is 10.1. The molecule has 2 aromatic carbocycles. The predicted octanol–water partition coefficient (Wildman–Crippen LogP) is 3.88. The highest BCUT2D eigenvalue weighted by atomic mass is 127. The second kappa shape index (κ2) is 10.0. The number of halogens is 1. The largest absolute Gasteiger partial charge is 0.494 e. The second-order valence-electron chi connectivity index (χ2n) is 5.13. The summed E-state index contributed by atoms with van der Waals surface area (Å²) in [5, 5.41) is 2.69. The molecule has 26 heavy (non-hydrogen) atoms. The fraction of sp³-hybridized carbons (Fsp3) is 0.263. The van der Waals surface area contributed by atoms with Crippen LogP contribution in [-0.4, -0.2) is 31.7 Å². The molecule has 0 spiro atoms. The summed E-state index contributed by atoms with van der Waals surface area (Å²) in [6, 6.07) is 12.2. The van der Waals surface area contributed by atoms with E-state index in [1.807, 2.05) is 42.5 Å². The Morgan fingerprint density at radius 3 is 2.46 bits per heavy atom. The highest BCUT2D eigenvalue weighted by Crippen LogP contribution is 2.29. The van der Waals surface area contributed by atoms with Gasteiger partial charge in [-0.15, -0.1) is 0 Å². The minimum atomic E-state index is -0.543. The number of hydrogen-bond donors (Lipinski definition) is 1. The molecule has 0 unspecified atom stereocenters. The maximum absolute atomic E-state index is 12.2. The lowest BCUT2D eigenvalue weighted by molar-refractivity contribution is -0.119. The van der Waals surface area contributed by atoms with Crippen LogP contribution in [0, 0.1) is 3.57 Å². The summed E-state index contributed by atoms with van der Waals surface area (Å²) < 4.78 is 16.8. The lowest BCUT2D eigenvalue weighted by Gasteiger charge is -2.13. The number of hydrogen-bond acceptors (Lipinski definition) is 5. The Morgan fingerprint density at radius 1 is 1.04 bits per heavy atom. The van der Waals surface area contributed by atoms with Crippen LogP contribution in [0.4, 0.5) is 5.69 Å². The molecule has 0 aliphatic rings. The fourth-order valence-electron chi connectivity index (χ4n) is 2.17. The van der Waals surface area contributed by atoms with Crippen LogP contribution >= 0.6 is 22.6 Å². The van der Waals surface area contributed by atoms with Gasteiger partial charge in [-0.2, -0.15) is 0 Å². The lowest BCUT2D eigenvalue weighted by Crippen LogP contribution is -2.21. The number of nitrogens with one attached hydrogen (secondary N) is 1. The first-order valence-corrected chi connectivity index (χ1v) is 9.24. The average molecular weight is 469 g/mol. The van der Waals surface area contributed by atoms with E-state index in [0.717, 1.165) is 3.57 Å². The van der Waals surface area contributed by atoms with E-state index in [-0.39, 0.29) is 0 Å². The van der Waals surface area contributed by atoms with Gasteiger partial charge in [0.1, 0.15) is 11.5 Å². The zero-order chi connectivity index (χ0) is 18.9. The minimum Gasteiger partial charge on any atom is -0.494 e. The van der Waals surface area contributed by atoms with Crippen molar-refractivity contribution in [1.29, 1.82) is 0 Å². The second-order valence-corrected chi connectivity index (χ2v) is 6.29. The van der Waals surface area contributed by atoms with Gasteiger partial charge < -0.3 is 19.5 Å². The van der Waals surface area contributed by atoms with Gasteiger partial charge in [0, 0.05) is 9.64 Å². The van der Waals surface area contributed by atoms with E-state index in [1.54, 1.807) is 36.4 Å². The van der Waals surface area contributed by atoms with Crippen LogP contribution in [0.5, 0.6) is 11.5 Å². The Balaban J connectivity index is 2.01. The van der Waals surface area contributed by atoms with Crippen molar-refractivity contribution in [3.05, 3.63) is 51.6 Å². The standard InChI is InChI=1S/C19H20INO5/c1-3-24-13-9-10-17(25-4-2)16(11-13)21-18(22)12-26-19(23)14-7-5-6-8-15(14)20/h5-11H,3-4,12H2,1-2H3,(H,21,22). The molecule has 2 aromatic rings. The molecule has 7 heteroatoms. The van der Waals surface area contributed by atoms with Crippen molar-refractivity contribution in [3.63, 3.8) is 0 Å². The molecule has 0 aliphatic carbocycles. The molecule has 0 saturated heterocycles. The Bertz CT molecular complexity index is 778. The summed E-state index contributed by atoms with van der Waals surface area (Å²) in [7, 11) is 0. The number of anilines is 1. The van der Waals surface area contributed by atoms with E-state index in [9.17, 15) is 9.59 Å². The van der Waals surface area contributed by atoms with Gasteiger partial charge >= 0.3 is 5.97 Å².